The van der Waals surface area contributed by atoms with Gasteiger partial charge in [0, 0.05) is 23.9 Å². The third-order valence-corrected chi connectivity index (χ3v) is 4.81. The van der Waals surface area contributed by atoms with Crippen molar-refractivity contribution in [3.05, 3.63) is 48.0 Å². The summed E-state index contributed by atoms with van der Waals surface area (Å²) in [5.41, 5.74) is 1.78. The van der Waals surface area contributed by atoms with Crippen LogP contribution in [0, 0.1) is 0 Å². The van der Waals surface area contributed by atoms with Gasteiger partial charge in [-0.3, -0.25) is 9.59 Å². The second kappa shape index (κ2) is 7.44. The smallest absolute Gasteiger partial charge is 0.308 e. The summed E-state index contributed by atoms with van der Waals surface area (Å²) in [5.74, 6) is 0.00671. The monoisotopic (exact) mass is 406 g/mol. The zero-order valence-electron chi connectivity index (χ0n) is 16.5. The quantitative estimate of drug-likeness (QED) is 0.291. The summed E-state index contributed by atoms with van der Waals surface area (Å²) in [6, 6.07) is 12.2. The van der Waals surface area contributed by atoms with Crippen LogP contribution < -0.4 is 14.2 Å². The van der Waals surface area contributed by atoms with Crippen LogP contribution in [0.4, 0.5) is 0 Å². The maximum absolute atomic E-state index is 12.0. The van der Waals surface area contributed by atoms with Gasteiger partial charge in [-0.2, -0.15) is 0 Å². The van der Waals surface area contributed by atoms with Crippen molar-refractivity contribution in [2.75, 3.05) is 14.2 Å². The molecule has 7 heteroatoms. The number of phenols is 1. The van der Waals surface area contributed by atoms with Gasteiger partial charge in [-0.25, -0.2) is 0 Å². The number of methoxy groups -OCH3 is 2. The number of aromatic hydroxyl groups is 1. The Balaban J connectivity index is 2.14. The molecular weight excluding hydrogens is 388 g/mol. The third kappa shape index (κ3) is 2.91. The third-order valence-electron chi connectivity index (χ3n) is 4.81. The first kappa shape index (κ1) is 19.3. The maximum atomic E-state index is 12.0. The fraction of sp³-hybridized carbons (Fsp3) is 0.130. The van der Waals surface area contributed by atoms with E-state index in [9.17, 15) is 14.7 Å². The highest BCUT2D eigenvalue weighted by molar-refractivity contribution is 6.16. The van der Waals surface area contributed by atoms with Crippen LogP contribution in [-0.4, -0.2) is 31.6 Å². The van der Waals surface area contributed by atoms with Gasteiger partial charge < -0.3 is 23.7 Å². The number of ether oxygens (including phenoxy) is 3. The minimum atomic E-state index is -0.515. The number of fused-ring (bicyclic) bond motifs is 3. The number of furan rings is 1. The van der Waals surface area contributed by atoms with Crippen molar-refractivity contribution < 1.29 is 33.3 Å². The molecule has 4 rings (SSSR count). The van der Waals surface area contributed by atoms with E-state index < -0.39 is 5.97 Å². The zero-order chi connectivity index (χ0) is 21.4. The van der Waals surface area contributed by atoms with E-state index in [1.54, 1.807) is 18.2 Å². The summed E-state index contributed by atoms with van der Waals surface area (Å²) >= 11 is 0. The summed E-state index contributed by atoms with van der Waals surface area (Å²) in [4.78, 5) is 23.4. The second-order valence-corrected chi connectivity index (χ2v) is 6.55. The van der Waals surface area contributed by atoms with Gasteiger partial charge in [0.25, 0.3) is 0 Å². The van der Waals surface area contributed by atoms with Gasteiger partial charge in [0.15, 0.2) is 29.1 Å². The Morgan fingerprint density at radius 1 is 1.07 bits per heavy atom. The molecule has 30 heavy (non-hydrogen) atoms. The molecule has 1 N–H and O–H groups in total. The molecular formula is C23H18O7. The van der Waals surface area contributed by atoms with E-state index in [1.807, 2.05) is 18.2 Å². The molecule has 0 aliphatic carbocycles. The molecule has 0 saturated heterocycles. The van der Waals surface area contributed by atoms with Crippen molar-refractivity contribution in [3.63, 3.8) is 0 Å². The molecule has 0 radical (unpaired) electrons. The van der Waals surface area contributed by atoms with Crippen LogP contribution >= 0.6 is 0 Å². The SMILES string of the molecule is COc1cc2c(cc1OC(C)=O)oc1c(OC)c(-c3ccccc3)c(C=O)c(O)c12. The normalized spacial score (nSPS) is 10.9. The molecule has 0 bridgehead atoms. The van der Waals surface area contributed by atoms with Gasteiger partial charge in [0.2, 0.25) is 0 Å². The number of carbonyl (C=O) groups is 2. The Labute approximate surface area is 171 Å². The lowest BCUT2D eigenvalue weighted by molar-refractivity contribution is -0.132. The minimum absolute atomic E-state index is 0.0799. The van der Waals surface area contributed by atoms with Crippen LogP contribution in [0.1, 0.15) is 17.3 Å². The van der Waals surface area contributed by atoms with Crippen LogP contribution in [-0.2, 0) is 4.79 Å². The predicted octanol–water partition coefficient (Wildman–Crippen LogP) is 4.71. The van der Waals surface area contributed by atoms with Crippen molar-refractivity contribution in [2.24, 2.45) is 0 Å². The maximum Gasteiger partial charge on any atom is 0.308 e. The summed E-state index contributed by atoms with van der Waals surface area (Å²) in [6.45, 7) is 1.28. The average molecular weight is 406 g/mol. The molecule has 3 aromatic carbocycles. The molecule has 4 aromatic rings. The van der Waals surface area contributed by atoms with E-state index in [-0.39, 0.29) is 28.4 Å². The fourth-order valence-corrected chi connectivity index (χ4v) is 3.58. The Hall–Kier alpha value is -4.00. The lowest BCUT2D eigenvalue weighted by Crippen LogP contribution is -2.02. The average Bonchev–Trinajstić information content (AvgIpc) is 3.11. The zero-order valence-corrected chi connectivity index (χ0v) is 16.5. The number of hydrogen-bond donors (Lipinski definition) is 1. The summed E-state index contributed by atoms with van der Waals surface area (Å²) in [7, 11) is 2.89. The fourth-order valence-electron chi connectivity index (χ4n) is 3.58. The van der Waals surface area contributed by atoms with E-state index in [0.717, 1.165) is 0 Å². The van der Waals surface area contributed by atoms with Crippen LogP contribution in [0.2, 0.25) is 0 Å². The first-order valence-electron chi connectivity index (χ1n) is 9.06. The number of rotatable bonds is 5. The molecule has 0 saturated carbocycles. The van der Waals surface area contributed by atoms with Crippen molar-refractivity contribution in [1.82, 2.24) is 0 Å². The van der Waals surface area contributed by atoms with Crippen molar-refractivity contribution in [1.29, 1.82) is 0 Å². The van der Waals surface area contributed by atoms with Crippen LogP contribution in [0.3, 0.4) is 0 Å². The standard InChI is InChI=1S/C23H18O7/c1-12(25)29-18-10-16-14(9-17(18)27-2)20-21(26)15(11-24)19(13-7-5-4-6-8-13)22(28-3)23(20)30-16/h4-11,26H,1-3H3. The van der Waals surface area contributed by atoms with E-state index in [2.05, 4.69) is 0 Å². The number of benzene rings is 3. The van der Waals surface area contributed by atoms with Gasteiger partial charge in [0.05, 0.1) is 25.2 Å². The molecule has 0 amide bonds. The molecule has 7 nitrogen and oxygen atoms in total. The molecule has 1 aromatic heterocycles. The summed E-state index contributed by atoms with van der Waals surface area (Å²) < 4.78 is 22.1. The number of esters is 1. The van der Waals surface area contributed by atoms with Gasteiger partial charge in [-0.05, 0) is 11.6 Å². The highest BCUT2D eigenvalue weighted by Gasteiger charge is 2.26. The van der Waals surface area contributed by atoms with Crippen LogP contribution in [0.15, 0.2) is 46.9 Å². The minimum Gasteiger partial charge on any atom is -0.506 e. The van der Waals surface area contributed by atoms with E-state index >= 15 is 0 Å². The summed E-state index contributed by atoms with van der Waals surface area (Å²) in [5, 5.41) is 11.8. The Morgan fingerprint density at radius 2 is 1.80 bits per heavy atom. The van der Waals surface area contributed by atoms with Crippen molar-refractivity contribution in [3.8, 4) is 34.1 Å². The Morgan fingerprint density at radius 3 is 2.40 bits per heavy atom. The number of phenolic OH excluding ortho intramolecular Hbond substituents is 1. The second-order valence-electron chi connectivity index (χ2n) is 6.55. The van der Waals surface area contributed by atoms with Gasteiger partial charge in [0.1, 0.15) is 11.3 Å². The van der Waals surface area contributed by atoms with Crippen LogP contribution in [0.5, 0.6) is 23.0 Å². The number of hydrogen-bond acceptors (Lipinski definition) is 7. The number of aldehydes is 1. The molecule has 0 spiro atoms. The summed E-state index contributed by atoms with van der Waals surface area (Å²) in [6.07, 6.45) is 0.586. The predicted molar refractivity (Wildman–Crippen MR) is 111 cm³/mol. The lowest BCUT2D eigenvalue weighted by atomic mass is 9.95. The highest BCUT2D eigenvalue weighted by Crippen LogP contribution is 2.50. The first-order valence-corrected chi connectivity index (χ1v) is 9.06. The van der Waals surface area contributed by atoms with Crippen molar-refractivity contribution >= 4 is 34.2 Å². The van der Waals surface area contributed by atoms with E-state index in [0.29, 0.717) is 39.5 Å². The molecule has 0 aliphatic rings. The van der Waals surface area contributed by atoms with Gasteiger partial charge in [-0.1, -0.05) is 30.3 Å². The van der Waals surface area contributed by atoms with Crippen molar-refractivity contribution in [2.45, 2.75) is 6.92 Å². The topological polar surface area (TPSA) is 95.2 Å². The highest BCUT2D eigenvalue weighted by atomic mass is 16.6. The Bertz CT molecular complexity index is 1290. The van der Waals surface area contributed by atoms with E-state index in [1.165, 1.54) is 27.2 Å². The first-order chi connectivity index (χ1) is 14.5. The van der Waals surface area contributed by atoms with Gasteiger partial charge in [-0.15, -0.1) is 0 Å². The lowest BCUT2D eigenvalue weighted by Gasteiger charge is -2.13. The van der Waals surface area contributed by atoms with E-state index in [4.69, 9.17) is 18.6 Å². The molecule has 152 valence electrons. The van der Waals surface area contributed by atoms with Gasteiger partial charge >= 0.3 is 5.97 Å². The molecule has 0 atom stereocenters. The van der Waals surface area contributed by atoms with Crippen LogP contribution in [0.25, 0.3) is 33.1 Å². The molecule has 0 aliphatic heterocycles. The largest absolute Gasteiger partial charge is 0.506 e. The number of carbonyl (C=O) groups excluding carboxylic acids is 2. The molecule has 0 fully saturated rings. The Kier molecular flexibility index (Phi) is 4.79. The molecule has 1 heterocycles. The molecule has 0 unspecified atom stereocenters.